The van der Waals surface area contributed by atoms with Crippen LogP contribution in [0.1, 0.15) is 26.2 Å². The van der Waals surface area contributed by atoms with Gasteiger partial charge in [0.05, 0.1) is 0 Å². The van der Waals surface area contributed by atoms with E-state index in [0.29, 0.717) is 17.7 Å². The summed E-state index contributed by atoms with van der Waals surface area (Å²) < 4.78 is 0. The first-order valence-corrected chi connectivity index (χ1v) is 5.23. The summed E-state index contributed by atoms with van der Waals surface area (Å²) in [4.78, 5) is 13.7. The Labute approximate surface area is 79.3 Å². The van der Waals surface area contributed by atoms with Crippen LogP contribution in [0.5, 0.6) is 0 Å². The number of rotatable bonds is 1. The van der Waals surface area contributed by atoms with Crippen molar-refractivity contribution in [1.29, 1.82) is 0 Å². The number of nitrogens with zero attached hydrogens (tertiary/aromatic N) is 1. The van der Waals surface area contributed by atoms with Crippen molar-refractivity contribution < 1.29 is 4.79 Å². The molecule has 1 saturated carbocycles. The highest BCUT2D eigenvalue weighted by Crippen LogP contribution is 2.39. The van der Waals surface area contributed by atoms with Crippen LogP contribution in [0, 0.1) is 11.8 Å². The number of likely N-dealkylation sites (tertiary alicyclic amines) is 1. The number of hydrogen-bond donors (Lipinski definition) is 1. The second-order valence-corrected chi connectivity index (χ2v) is 4.51. The molecule has 1 saturated heterocycles. The van der Waals surface area contributed by atoms with E-state index in [1.165, 1.54) is 0 Å². The molecule has 1 aliphatic heterocycles. The molecule has 1 amide bonds. The number of amides is 1. The van der Waals surface area contributed by atoms with Crippen molar-refractivity contribution in [3.63, 3.8) is 0 Å². The van der Waals surface area contributed by atoms with Gasteiger partial charge in [0.1, 0.15) is 0 Å². The fraction of sp³-hybridized carbons (Fsp3) is 0.900. The first-order valence-electron chi connectivity index (χ1n) is 5.23. The molecule has 1 heterocycles. The maximum Gasteiger partial charge on any atom is 0.226 e. The van der Waals surface area contributed by atoms with Gasteiger partial charge in [-0.15, -0.1) is 0 Å². The number of carbonyl (C=O) groups excluding carboxylic acids is 1. The van der Waals surface area contributed by atoms with E-state index in [-0.39, 0.29) is 6.04 Å². The lowest BCUT2D eigenvalue weighted by atomic mass is 10.1. The van der Waals surface area contributed by atoms with E-state index in [0.717, 1.165) is 32.4 Å². The maximum atomic E-state index is 11.8. The van der Waals surface area contributed by atoms with Crippen LogP contribution < -0.4 is 5.73 Å². The van der Waals surface area contributed by atoms with Gasteiger partial charge in [0, 0.05) is 25.0 Å². The SMILES string of the molecule is CC1CC1C(=O)N1CCCC(N)C1. The Hall–Kier alpha value is -0.570. The van der Waals surface area contributed by atoms with Crippen molar-refractivity contribution in [2.24, 2.45) is 17.6 Å². The third-order valence-corrected chi connectivity index (χ3v) is 3.20. The molecule has 2 N–H and O–H groups in total. The van der Waals surface area contributed by atoms with E-state index in [4.69, 9.17) is 5.73 Å². The van der Waals surface area contributed by atoms with Crippen LogP contribution in [0.3, 0.4) is 0 Å². The molecule has 13 heavy (non-hydrogen) atoms. The molecule has 0 radical (unpaired) electrons. The largest absolute Gasteiger partial charge is 0.341 e. The molecule has 0 aromatic rings. The van der Waals surface area contributed by atoms with Gasteiger partial charge in [-0.1, -0.05) is 6.92 Å². The Morgan fingerprint density at radius 2 is 2.23 bits per heavy atom. The molecule has 0 bridgehead atoms. The summed E-state index contributed by atoms with van der Waals surface area (Å²) in [7, 11) is 0. The molecule has 3 heteroatoms. The molecule has 3 atom stereocenters. The molecule has 74 valence electrons. The van der Waals surface area contributed by atoms with Crippen LogP contribution >= 0.6 is 0 Å². The Morgan fingerprint density at radius 3 is 2.77 bits per heavy atom. The highest BCUT2D eigenvalue weighted by atomic mass is 16.2. The van der Waals surface area contributed by atoms with E-state index in [2.05, 4.69) is 6.92 Å². The Bertz CT molecular complexity index is 217. The number of piperidine rings is 1. The summed E-state index contributed by atoms with van der Waals surface area (Å²) in [6.07, 6.45) is 3.24. The van der Waals surface area contributed by atoms with Gasteiger partial charge in [-0.05, 0) is 25.2 Å². The topological polar surface area (TPSA) is 46.3 Å². The van der Waals surface area contributed by atoms with Gasteiger partial charge in [-0.25, -0.2) is 0 Å². The fourth-order valence-corrected chi connectivity index (χ4v) is 2.11. The molecule has 0 aromatic heterocycles. The fourth-order valence-electron chi connectivity index (χ4n) is 2.11. The van der Waals surface area contributed by atoms with Crippen LogP contribution in [0.15, 0.2) is 0 Å². The van der Waals surface area contributed by atoms with Crippen molar-refractivity contribution >= 4 is 5.91 Å². The summed E-state index contributed by atoms with van der Waals surface area (Å²) in [5, 5.41) is 0. The highest BCUT2D eigenvalue weighted by molar-refractivity contribution is 5.81. The third kappa shape index (κ3) is 1.85. The minimum atomic E-state index is 0.215. The standard InChI is InChI=1S/C10H18N2O/c1-7-5-9(7)10(13)12-4-2-3-8(11)6-12/h7-9H,2-6,11H2,1H3. The second kappa shape index (κ2) is 3.29. The lowest BCUT2D eigenvalue weighted by Gasteiger charge is -2.31. The van der Waals surface area contributed by atoms with E-state index >= 15 is 0 Å². The van der Waals surface area contributed by atoms with Gasteiger partial charge in [0.15, 0.2) is 0 Å². The van der Waals surface area contributed by atoms with Gasteiger partial charge >= 0.3 is 0 Å². The average Bonchev–Trinajstić information content (AvgIpc) is 2.81. The lowest BCUT2D eigenvalue weighted by molar-refractivity contribution is -0.134. The summed E-state index contributed by atoms with van der Waals surface area (Å²) in [6, 6.07) is 0.215. The first-order chi connectivity index (χ1) is 6.18. The molecule has 0 spiro atoms. The van der Waals surface area contributed by atoms with Crippen LogP contribution in [0.25, 0.3) is 0 Å². The normalized spacial score (nSPS) is 38.9. The molecular weight excluding hydrogens is 164 g/mol. The second-order valence-electron chi connectivity index (χ2n) is 4.51. The zero-order valence-electron chi connectivity index (χ0n) is 8.20. The highest BCUT2D eigenvalue weighted by Gasteiger charge is 2.41. The molecule has 0 aromatic carbocycles. The summed E-state index contributed by atoms with van der Waals surface area (Å²) in [5.41, 5.74) is 5.82. The van der Waals surface area contributed by atoms with Crippen molar-refractivity contribution in [2.75, 3.05) is 13.1 Å². The lowest BCUT2D eigenvalue weighted by Crippen LogP contribution is -2.46. The predicted molar refractivity (Wildman–Crippen MR) is 51.1 cm³/mol. The van der Waals surface area contributed by atoms with E-state index in [9.17, 15) is 4.79 Å². The maximum absolute atomic E-state index is 11.8. The van der Waals surface area contributed by atoms with E-state index < -0.39 is 0 Å². The van der Waals surface area contributed by atoms with Gasteiger partial charge in [0.25, 0.3) is 0 Å². The van der Waals surface area contributed by atoms with Gasteiger partial charge in [-0.3, -0.25) is 4.79 Å². The molecule has 1 aliphatic carbocycles. The molecule has 2 rings (SSSR count). The Kier molecular flexibility index (Phi) is 2.28. The van der Waals surface area contributed by atoms with E-state index in [1.54, 1.807) is 0 Å². The van der Waals surface area contributed by atoms with Gasteiger partial charge in [-0.2, -0.15) is 0 Å². The first kappa shape index (κ1) is 9.00. The Balaban J connectivity index is 1.88. The monoisotopic (exact) mass is 182 g/mol. The number of carbonyl (C=O) groups is 1. The molecular formula is C10H18N2O. The smallest absolute Gasteiger partial charge is 0.226 e. The third-order valence-electron chi connectivity index (χ3n) is 3.20. The van der Waals surface area contributed by atoms with Crippen molar-refractivity contribution in [3.8, 4) is 0 Å². The van der Waals surface area contributed by atoms with Crippen LogP contribution in [0.2, 0.25) is 0 Å². The molecule has 3 nitrogen and oxygen atoms in total. The molecule has 2 fully saturated rings. The predicted octanol–water partition coefficient (Wildman–Crippen LogP) is 0.592. The molecule has 2 aliphatic rings. The van der Waals surface area contributed by atoms with Crippen molar-refractivity contribution in [3.05, 3.63) is 0 Å². The van der Waals surface area contributed by atoms with Crippen LogP contribution in [-0.4, -0.2) is 29.9 Å². The van der Waals surface area contributed by atoms with Crippen molar-refractivity contribution in [1.82, 2.24) is 4.90 Å². The quantitative estimate of drug-likeness (QED) is 0.645. The van der Waals surface area contributed by atoms with Gasteiger partial charge < -0.3 is 10.6 Å². The van der Waals surface area contributed by atoms with Crippen LogP contribution in [-0.2, 0) is 4.79 Å². The summed E-state index contributed by atoms with van der Waals surface area (Å²) >= 11 is 0. The number of hydrogen-bond acceptors (Lipinski definition) is 2. The van der Waals surface area contributed by atoms with Gasteiger partial charge in [0.2, 0.25) is 5.91 Å². The summed E-state index contributed by atoms with van der Waals surface area (Å²) in [6.45, 7) is 3.85. The zero-order chi connectivity index (χ0) is 9.42. The Morgan fingerprint density at radius 1 is 1.54 bits per heavy atom. The number of nitrogens with two attached hydrogens (primary N) is 1. The molecule has 3 unspecified atom stereocenters. The van der Waals surface area contributed by atoms with Crippen molar-refractivity contribution in [2.45, 2.75) is 32.2 Å². The summed E-state index contributed by atoms with van der Waals surface area (Å²) in [5.74, 6) is 1.29. The van der Waals surface area contributed by atoms with E-state index in [1.807, 2.05) is 4.90 Å². The van der Waals surface area contributed by atoms with Crippen LogP contribution in [0.4, 0.5) is 0 Å². The minimum absolute atomic E-state index is 0.215. The zero-order valence-corrected chi connectivity index (χ0v) is 8.20. The minimum Gasteiger partial charge on any atom is -0.341 e. The average molecular weight is 182 g/mol.